The second-order valence-corrected chi connectivity index (χ2v) is 10.2. The standard InChI is InChI=1S/C31H35N5O5/c1-22(2)21-32-31(38)26-20-24(33-30(37)15-10-23-8-12-25(13-9-23)36(39)40)11-14-27(26)34-16-18-35(19-17-34)28-6-4-5-7-29(28)41-3/h4-15,20,22H,16-19,21H2,1-3H3,(H,32,38)(H,33,37)/b15-10+. The molecule has 41 heavy (non-hydrogen) atoms. The number of carbonyl (C=O) groups excluding carboxylic acids is 2. The average molecular weight is 558 g/mol. The second-order valence-electron chi connectivity index (χ2n) is 10.2. The quantitative estimate of drug-likeness (QED) is 0.205. The van der Waals surface area contributed by atoms with E-state index in [9.17, 15) is 19.7 Å². The molecule has 0 bridgehead atoms. The number of non-ortho nitro benzene ring substituents is 1. The monoisotopic (exact) mass is 557 g/mol. The van der Waals surface area contributed by atoms with Crippen molar-refractivity contribution in [2.75, 3.05) is 55.0 Å². The molecule has 10 nitrogen and oxygen atoms in total. The smallest absolute Gasteiger partial charge is 0.269 e. The lowest BCUT2D eigenvalue weighted by Gasteiger charge is -2.38. The number of anilines is 3. The molecule has 2 N–H and O–H groups in total. The number of nitro benzene ring substituents is 1. The van der Waals surface area contributed by atoms with Crippen LogP contribution in [0, 0.1) is 16.0 Å². The van der Waals surface area contributed by atoms with Gasteiger partial charge in [0.25, 0.3) is 11.6 Å². The maximum atomic E-state index is 13.3. The molecule has 1 saturated heterocycles. The zero-order chi connectivity index (χ0) is 29.4. The van der Waals surface area contributed by atoms with Crippen LogP contribution in [0.1, 0.15) is 29.8 Å². The van der Waals surface area contributed by atoms with Crippen LogP contribution in [-0.2, 0) is 4.79 Å². The van der Waals surface area contributed by atoms with Crippen molar-refractivity contribution in [3.63, 3.8) is 0 Å². The van der Waals surface area contributed by atoms with Gasteiger partial charge in [0.2, 0.25) is 5.91 Å². The number of nitrogens with one attached hydrogen (secondary N) is 2. The fourth-order valence-corrected chi connectivity index (χ4v) is 4.61. The van der Waals surface area contributed by atoms with E-state index in [2.05, 4.69) is 20.4 Å². The Morgan fingerprint density at radius 1 is 0.976 bits per heavy atom. The number of rotatable bonds is 10. The van der Waals surface area contributed by atoms with Gasteiger partial charge in [-0.2, -0.15) is 0 Å². The number of ether oxygens (including phenoxy) is 1. The molecule has 0 aliphatic carbocycles. The van der Waals surface area contributed by atoms with Crippen molar-refractivity contribution in [2.45, 2.75) is 13.8 Å². The van der Waals surface area contributed by atoms with Crippen molar-refractivity contribution in [3.05, 3.63) is 94.0 Å². The zero-order valence-corrected chi connectivity index (χ0v) is 23.5. The van der Waals surface area contributed by atoms with E-state index in [4.69, 9.17) is 4.74 Å². The molecule has 10 heteroatoms. The Labute approximate surface area is 239 Å². The number of hydrogen-bond donors (Lipinski definition) is 2. The van der Waals surface area contributed by atoms with Crippen molar-refractivity contribution >= 4 is 40.6 Å². The van der Waals surface area contributed by atoms with Gasteiger partial charge in [0.1, 0.15) is 5.75 Å². The van der Waals surface area contributed by atoms with E-state index < -0.39 is 4.92 Å². The highest BCUT2D eigenvalue weighted by atomic mass is 16.6. The minimum absolute atomic E-state index is 0.0174. The van der Waals surface area contributed by atoms with Gasteiger partial charge in [0.15, 0.2) is 0 Å². The summed E-state index contributed by atoms with van der Waals surface area (Å²) in [5.74, 6) is 0.546. The van der Waals surface area contributed by atoms with Crippen molar-refractivity contribution in [2.24, 2.45) is 5.92 Å². The number of nitro groups is 1. The van der Waals surface area contributed by atoms with Crippen LogP contribution in [0.4, 0.5) is 22.7 Å². The van der Waals surface area contributed by atoms with Crippen molar-refractivity contribution in [3.8, 4) is 5.75 Å². The fraction of sp³-hybridized carbons (Fsp3) is 0.290. The van der Waals surface area contributed by atoms with Crippen LogP contribution in [0.5, 0.6) is 5.75 Å². The van der Waals surface area contributed by atoms with Crippen molar-refractivity contribution in [1.82, 2.24) is 5.32 Å². The molecule has 0 saturated carbocycles. The van der Waals surface area contributed by atoms with E-state index in [1.807, 2.05) is 44.2 Å². The largest absolute Gasteiger partial charge is 0.495 e. The molecule has 1 aliphatic heterocycles. The number of amides is 2. The predicted octanol–water partition coefficient (Wildman–Crippen LogP) is 4.97. The molecule has 3 aromatic rings. The number of benzene rings is 3. The van der Waals surface area contributed by atoms with Gasteiger partial charge in [-0.05, 0) is 60.0 Å². The average Bonchev–Trinajstić information content (AvgIpc) is 2.99. The van der Waals surface area contributed by atoms with E-state index in [-0.39, 0.29) is 17.5 Å². The zero-order valence-electron chi connectivity index (χ0n) is 23.5. The fourth-order valence-electron chi connectivity index (χ4n) is 4.61. The first-order valence-electron chi connectivity index (χ1n) is 13.5. The Balaban J connectivity index is 1.49. The van der Waals surface area contributed by atoms with Crippen LogP contribution in [0.25, 0.3) is 6.08 Å². The molecule has 0 atom stereocenters. The predicted molar refractivity (Wildman–Crippen MR) is 162 cm³/mol. The molecule has 0 aromatic heterocycles. The van der Waals surface area contributed by atoms with Crippen LogP contribution >= 0.6 is 0 Å². The van der Waals surface area contributed by atoms with Gasteiger partial charge < -0.3 is 25.2 Å². The maximum absolute atomic E-state index is 13.3. The lowest BCUT2D eigenvalue weighted by Crippen LogP contribution is -2.47. The summed E-state index contributed by atoms with van der Waals surface area (Å²) in [6.07, 6.45) is 2.93. The van der Waals surface area contributed by atoms with Crippen LogP contribution in [0.2, 0.25) is 0 Å². The summed E-state index contributed by atoms with van der Waals surface area (Å²) in [5.41, 5.74) is 3.48. The number of piperazine rings is 1. The Kier molecular flexibility index (Phi) is 9.57. The molecule has 214 valence electrons. The lowest BCUT2D eigenvalue weighted by molar-refractivity contribution is -0.384. The maximum Gasteiger partial charge on any atom is 0.269 e. The summed E-state index contributed by atoms with van der Waals surface area (Å²) < 4.78 is 5.54. The Hall–Kier alpha value is -4.86. The first-order chi connectivity index (χ1) is 19.7. The van der Waals surface area contributed by atoms with Gasteiger partial charge in [-0.3, -0.25) is 19.7 Å². The molecule has 1 heterocycles. The topological polar surface area (TPSA) is 117 Å². The number of para-hydroxylation sites is 2. The summed E-state index contributed by atoms with van der Waals surface area (Å²) in [7, 11) is 1.67. The first kappa shape index (κ1) is 29.1. The Morgan fingerprint density at radius 3 is 2.27 bits per heavy atom. The summed E-state index contributed by atoms with van der Waals surface area (Å²) in [4.78, 5) is 40.7. The van der Waals surface area contributed by atoms with E-state index in [1.54, 1.807) is 37.5 Å². The summed E-state index contributed by atoms with van der Waals surface area (Å²) in [5, 5.41) is 16.7. The normalized spacial score (nSPS) is 13.4. The van der Waals surface area contributed by atoms with Gasteiger partial charge >= 0.3 is 0 Å². The highest BCUT2D eigenvalue weighted by Crippen LogP contribution is 2.31. The molecule has 1 fully saturated rings. The van der Waals surface area contributed by atoms with Gasteiger partial charge in [-0.15, -0.1) is 0 Å². The van der Waals surface area contributed by atoms with Crippen LogP contribution in [0.15, 0.2) is 72.8 Å². The van der Waals surface area contributed by atoms with Crippen LogP contribution in [-0.4, -0.2) is 56.6 Å². The van der Waals surface area contributed by atoms with E-state index in [0.717, 1.165) is 30.2 Å². The van der Waals surface area contributed by atoms with Gasteiger partial charge in [-0.1, -0.05) is 26.0 Å². The molecular weight excluding hydrogens is 522 g/mol. The SMILES string of the molecule is COc1ccccc1N1CCN(c2ccc(NC(=O)/C=C/c3ccc([N+](=O)[O-])cc3)cc2C(=O)NCC(C)C)CC1. The third-order valence-corrected chi connectivity index (χ3v) is 6.76. The highest BCUT2D eigenvalue weighted by Gasteiger charge is 2.24. The van der Waals surface area contributed by atoms with Gasteiger partial charge in [0.05, 0.1) is 23.3 Å². The highest BCUT2D eigenvalue weighted by molar-refractivity contribution is 6.05. The van der Waals surface area contributed by atoms with Gasteiger partial charge in [-0.25, -0.2) is 0 Å². The number of carbonyl (C=O) groups is 2. The van der Waals surface area contributed by atoms with Crippen molar-refractivity contribution in [1.29, 1.82) is 0 Å². The molecule has 0 radical (unpaired) electrons. The molecule has 2 amide bonds. The van der Waals surface area contributed by atoms with Gasteiger partial charge in [0, 0.05) is 62.3 Å². The lowest BCUT2D eigenvalue weighted by atomic mass is 10.1. The molecule has 0 unspecified atom stereocenters. The van der Waals surface area contributed by atoms with Crippen LogP contribution < -0.4 is 25.2 Å². The summed E-state index contributed by atoms with van der Waals surface area (Å²) in [6.45, 7) is 7.56. The summed E-state index contributed by atoms with van der Waals surface area (Å²) >= 11 is 0. The minimum atomic E-state index is -0.473. The third kappa shape index (κ3) is 7.63. The summed E-state index contributed by atoms with van der Waals surface area (Å²) in [6, 6.07) is 19.2. The first-order valence-corrected chi connectivity index (χ1v) is 13.5. The Morgan fingerprint density at radius 2 is 1.63 bits per heavy atom. The molecular formula is C31H35N5O5. The minimum Gasteiger partial charge on any atom is -0.495 e. The Bertz CT molecular complexity index is 1410. The number of hydrogen-bond acceptors (Lipinski definition) is 7. The molecule has 0 spiro atoms. The molecule has 4 rings (SSSR count). The van der Waals surface area contributed by atoms with E-state index in [0.29, 0.717) is 42.4 Å². The van der Waals surface area contributed by atoms with E-state index in [1.165, 1.54) is 18.2 Å². The number of methoxy groups -OCH3 is 1. The van der Waals surface area contributed by atoms with Crippen LogP contribution in [0.3, 0.4) is 0 Å². The second kappa shape index (κ2) is 13.5. The van der Waals surface area contributed by atoms with Crippen molar-refractivity contribution < 1.29 is 19.2 Å². The molecule has 3 aromatic carbocycles. The number of nitrogens with zero attached hydrogens (tertiary/aromatic N) is 3. The third-order valence-electron chi connectivity index (χ3n) is 6.76. The molecule has 1 aliphatic rings. The van der Waals surface area contributed by atoms with E-state index >= 15 is 0 Å².